The summed E-state index contributed by atoms with van der Waals surface area (Å²) < 4.78 is 7.70. The molecule has 0 saturated carbocycles. The molecule has 0 saturated heterocycles. The maximum Gasteiger partial charge on any atom is 0.191 e. The smallest absolute Gasteiger partial charge is 0.191 e. The molecule has 3 rings (SSSR count). The Morgan fingerprint density at radius 2 is 1.87 bits per heavy atom. The average Bonchev–Trinajstić information content (AvgIpc) is 3.17. The number of ether oxygens (including phenoxy) is 1. The number of imidazole rings is 1. The van der Waals surface area contributed by atoms with Crippen LogP contribution in [-0.4, -0.2) is 40.2 Å². The summed E-state index contributed by atoms with van der Waals surface area (Å²) in [7, 11) is 0. The molecule has 1 aromatic carbocycles. The van der Waals surface area contributed by atoms with Gasteiger partial charge in [0.15, 0.2) is 5.96 Å². The predicted octanol–water partition coefficient (Wildman–Crippen LogP) is 3.64. The monoisotopic (exact) mass is 520 g/mol. The second-order valence-electron chi connectivity index (χ2n) is 6.65. The van der Waals surface area contributed by atoms with Crippen molar-refractivity contribution in [3.8, 4) is 11.6 Å². The fraction of sp³-hybridized carbons (Fsp3) is 0.318. The SMILES string of the molecule is CCNC(=NCc1ccc(-n2ccnc2C)nc1)NCCOc1ccc(C)cc1.I. The highest BCUT2D eigenvalue weighted by molar-refractivity contribution is 14.0. The molecule has 0 atom stereocenters. The van der Waals surface area contributed by atoms with Crippen LogP contribution in [-0.2, 0) is 6.54 Å². The van der Waals surface area contributed by atoms with Crippen molar-refractivity contribution in [2.24, 2.45) is 4.99 Å². The fourth-order valence-electron chi connectivity index (χ4n) is 2.76. The number of benzene rings is 1. The van der Waals surface area contributed by atoms with Crippen LogP contribution in [0.1, 0.15) is 23.9 Å². The zero-order valence-corrected chi connectivity index (χ0v) is 20.0. The van der Waals surface area contributed by atoms with Crippen molar-refractivity contribution in [1.82, 2.24) is 25.2 Å². The molecule has 2 N–H and O–H groups in total. The van der Waals surface area contributed by atoms with E-state index in [-0.39, 0.29) is 24.0 Å². The van der Waals surface area contributed by atoms with E-state index in [1.165, 1.54) is 5.56 Å². The van der Waals surface area contributed by atoms with Crippen LogP contribution in [0.4, 0.5) is 0 Å². The zero-order chi connectivity index (χ0) is 20.5. The van der Waals surface area contributed by atoms with E-state index in [1.807, 2.05) is 67.2 Å². The third kappa shape index (κ3) is 7.01. The van der Waals surface area contributed by atoms with E-state index in [9.17, 15) is 0 Å². The van der Waals surface area contributed by atoms with Crippen molar-refractivity contribution in [1.29, 1.82) is 0 Å². The Morgan fingerprint density at radius 3 is 2.50 bits per heavy atom. The van der Waals surface area contributed by atoms with Crippen LogP contribution < -0.4 is 15.4 Å². The topological polar surface area (TPSA) is 76.4 Å². The number of aromatic nitrogens is 3. The molecule has 2 heterocycles. The summed E-state index contributed by atoms with van der Waals surface area (Å²) in [6.45, 7) is 8.63. The van der Waals surface area contributed by atoms with Crippen LogP contribution in [0.5, 0.6) is 5.75 Å². The fourth-order valence-corrected chi connectivity index (χ4v) is 2.76. The number of aryl methyl sites for hydroxylation is 2. The van der Waals surface area contributed by atoms with Gasteiger partial charge in [0, 0.05) is 25.1 Å². The lowest BCUT2D eigenvalue weighted by Crippen LogP contribution is -2.39. The van der Waals surface area contributed by atoms with E-state index < -0.39 is 0 Å². The third-order valence-corrected chi connectivity index (χ3v) is 4.33. The van der Waals surface area contributed by atoms with Gasteiger partial charge >= 0.3 is 0 Å². The number of hydrogen-bond acceptors (Lipinski definition) is 4. The molecule has 160 valence electrons. The second kappa shape index (κ2) is 12.2. The van der Waals surface area contributed by atoms with Gasteiger partial charge in [0.05, 0.1) is 13.1 Å². The van der Waals surface area contributed by atoms with Gasteiger partial charge in [0.25, 0.3) is 0 Å². The summed E-state index contributed by atoms with van der Waals surface area (Å²) in [6, 6.07) is 12.1. The normalized spacial score (nSPS) is 11.0. The molecule has 0 spiro atoms. The predicted molar refractivity (Wildman–Crippen MR) is 131 cm³/mol. The lowest BCUT2D eigenvalue weighted by molar-refractivity contribution is 0.322. The number of nitrogens with zero attached hydrogens (tertiary/aromatic N) is 4. The molecule has 0 aliphatic rings. The Bertz CT molecular complexity index is 922. The summed E-state index contributed by atoms with van der Waals surface area (Å²) >= 11 is 0. The summed E-state index contributed by atoms with van der Waals surface area (Å²) in [5, 5.41) is 6.55. The van der Waals surface area contributed by atoms with Gasteiger partial charge in [-0.3, -0.25) is 4.57 Å². The maximum atomic E-state index is 5.75. The van der Waals surface area contributed by atoms with Crippen molar-refractivity contribution in [2.45, 2.75) is 27.3 Å². The first-order valence-electron chi connectivity index (χ1n) is 9.82. The minimum atomic E-state index is 0. The first-order valence-corrected chi connectivity index (χ1v) is 9.82. The highest BCUT2D eigenvalue weighted by atomic mass is 127. The van der Waals surface area contributed by atoms with Crippen molar-refractivity contribution < 1.29 is 4.74 Å². The standard InChI is InChI=1S/C22H28N6O.HI/c1-4-23-22(25-12-14-29-20-8-5-17(2)6-9-20)27-16-19-7-10-21(26-15-19)28-13-11-24-18(28)3;/h5-11,13,15H,4,12,14,16H2,1-3H3,(H2,23,25,27);1H. The maximum absolute atomic E-state index is 5.75. The first kappa shape index (κ1) is 23.7. The van der Waals surface area contributed by atoms with Crippen LogP contribution in [0.15, 0.2) is 60.0 Å². The van der Waals surface area contributed by atoms with Gasteiger partial charge in [0.1, 0.15) is 24.0 Å². The summed E-state index contributed by atoms with van der Waals surface area (Å²) in [4.78, 5) is 13.4. The Hall–Kier alpha value is -2.62. The van der Waals surface area contributed by atoms with Gasteiger partial charge in [-0.15, -0.1) is 24.0 Å². The van der Waals surface area contributed by atoms with E-state index in [4.69, 9.17) is 4.74 Å². The summed E-state index contributed by atoms with van der Waals surface area (Å²) in [6.07, 6.45) is 5.52. The molecule has 2 aromatic heterocycles. The van der Waals surface area contributed by atoms with Crippen molar-refractivity contribution >= 4 is 29.9 Å². The van der Waals surface area contributed by atoms with Gasteiger partial charge in [-0.25, -0.2) is 15.0 Å². The average molecular weight is 520 g/mol. The molecule has 8 heteroatoms. The summed E-state index contributed by atoms with van der Waals surface area (Å²) in [5.74, 6) is 3.40. The van der Waals surface area contributed by atoms with Crippen LogP contribution in [0.25, 0.3) is 5.82 Å². The van der Waals surface area contributed by atoms with Crippen molar-refractivity contribution in [3.63, 3.8) is 0 Å². The lowest BCUT2D eigenvalue weighted by Gasteiger charge is -2.12. The van der Waals surface area contributed by atoms with Gasteiger partial charge in [-0.1, -0.05) is 23.8 Å². The Morgan fingerprint density at radius 1 is 1.07 bits per heavy atom. The molecule has 0 radical (unpaired) electrons. The third-order valence-electron chi connectivity index (χ3n) is 4.33. The molecule has 0 aliphatic carbocycles. The lowest BCUT2D eigenvalue weighted by atomic mass is 10.2. The number of rotatable bonds is 8. The Labute approximate surface area is 195 Å². The van der Waals surface area contributed by atoms with Crippen LogP contribution in [0, 0.1) is 13.8 Å². The largest absolute Gasteiger partial charge is 0.492 e. The molecular weight excluding hydrogens is 491 g/mol. The molecule has 0 aliphatic heterocycles. The first-order chi connectivity index (χ1) is 14.2. The Balaban J connectivity index is 0.00000320. The number of halogens is 1. The quantitative estimate of drug-likeness (QED) is 0.205. The number of guanidine groups is 1. The Kier molecular flexibility index (Phi) is 9.59. The molecular formula is C22H29IN6O. The molecule has 0 bridgehead atoms. The number of nitrogens with one attached hydrogen (secondary N) is 2. The number of pyridine rings is 1. The zero-order valence-electron chi connectivity index (χ0n) is 17.6. The van der Waals surface area contributed by atoms with E-state index in [2.05, 4.69) is 32.5 Å². The van der Waals surface area contributed by atoms with Crippen LogP contribution in [0.3, 0.4) is 0 Å². The van der Waals surface area contributed by atoms with Gasteiger partial charge in [-0.05, 0) is 44.5 Å². The minimum absolute atomic E-state index is 0. The van der Waals surface area contributed by atoms with E-state index in [0.29, 0.717) is 19.7 Å². The van der Waals surface area contributed by atoms with E-state index in [1.54, 1.807) is 6.20 Å². The number of hydrogen-bond donors (Lipinski definition) is 2. The highest BCUT2D eigenvalue weighted by Gasteiger charge is 2.03. The van der Waals surface area contributed by atoms with Gasteiger partial charge in [0.2, 0.25) is 0 Å². The number of aliphatic imine (C=N–C) groups is 1. The molecule has 0 fully saturated rings. The highest BCUT2D eigenvalue weighted by Crippen LogP contribution is 2.11. The molecule has 3 aromatic rings. The van der Waals surface area contributed by atoms with Crippen molar-refractivity contribution in [2.75, 3.05) is 19.7 Å². The molecule has 7 nitrogen and oxygen atoms in total. The van der Waals surface area contributed by atoms with Crippen LogP contribution in [0.2, 0.25) is 0 Å². The van der Waals surface area contributed by atoms with Crippen molar-refractivity contribution in [3.05, 3.63) is 71.9 Å². The van der Waals surface area contributed by atoms with Gasteiger partial charge in [-0.2, -0.15) is 0 Å². The van der Waals surface area contributed by atoms with Crippen LogP contribution >= 0.6 is 24.0 Å². The van der Waals surface area contributed by atoms with Gasteiger partial charge < -0.3 is 15.4 Å². The molecule has 30 heavy (non-hydrogen) atoms. The second-order valence-corrected chi connectivity index (χ2v) is 6.65. The minimum Gasteiger partial charge on any atom is -0.492 e. The molecule has 0 unspecified atom stereocenters. The molecule has 0 amide bonds. The summed E-state index contributed by atoms with van der Waals surface area (Å²) in [5.41, 5.74) is 2.26. The van der Waals surface area contributed by atoms with E-state index in [0.717, 1.165) is 35.5 Å². The van der Waals surface area contributed by atoms with E-state index >= 15 is 0 Å².